The fraction of sp³-hybridized carbons (Fsp3) is 0.192. The second-order valence-electron chi connectivity index (χ2n) is 8.04. The molecule has 1 aliphatic rings. The van der Waals surface area contributed by atoms with Crippen LogP contribution in [0.3, 0.4) is 0 Å². The first-order valence-corrected chi connectivity index (χ1v) is 10.8. The Morgan fingerprint density at radius 3 is 2.24 bits per heavy atom. The summed E-state index contributed by atoms with van der Waals surface area (Å²) in [6.45, 7) is 2.06. The Balaban J connectivity index is 1.59. The van der Waals surface area contributed by atoms with E-state index in [0.29, 0.717) is 17.1 Å². The number of hydrogen-bond acceptors (Lipinski definition) is 4. The molecule has 4 amide bonds. The number of anilines is 2. The zero-order valence-corrected chi connectivity index (χ0v) is 18.8. The summed E-state index contributed by atoms with van der Waals surface area (Å²) in [5.74, 6) is -0.682. The Morgan fingerprint density at radius 1 is 0.971 bits per heavy atom. The van der Waals surface area contributed by atoms with Gasteiger partial charge in [-0.3, -0.25) is 9.59 Å². The number of carbonyl (C=O) groups excluding carboxylic acids is 3. The molecule has 1 atom stereocenters. The van der Waals surface area contributed by atoms with E-state index >= 15 is 0 Å². The molecule has 1 fully saturated rings. The lowest BCUT2D eigenvalue weighted by atomic mass is 10.1. The van der Waals surface area contributed by atoms with Gasteiger partial charge in [0.1, 0.15) is 17.6 Å². The number of nitrogens with one attached hydrogen (secondary N) is 1. The molecule has 0 spiro atoms. The van der Waals surface area contributed by atoms with Crippen LogP contribution in [0.5, 0.6) is 5.75 Å². The fourth-order valence-corrected chi connectivity index (χ4v) is 3.79. The minimum Gasteiger partial charge on any atom is -0.497 e. The summed E-state index contributed by atoms with van der Waals surface area (Å²) in [5, 5.41) is 2.66. The predicted molar refractivity (Wildman–Crippen MR) is 126 cm³/mol. The van der Waals surface area contributed by atoms with Crippen molar-refractivity contribution in [2.24, 2.45) is 0 Å². The highest BCUT2D eigenvalue weighted by molar-refractivity contribution is 6.22. The molecular formula is C26H24FN3O4. The minimum absolute atomic E-state index is 0.144. The van der Waals surface area contributed by atoms with Crippen molar-refractivity contribution in [1.82, 2.24) is 4.90 Å². The number of amides is 4. The van der Waals surface area contributed by atoms with E-state index in [1.807, 2.05) is 19.1 Å². The van der Waals surface area contributed by atoms with Crippen LogP contribution in [0.2, 0.25) is 0 Å². The van der Waals surface area contributed by atoms with E-state index in [2.05, 4.69) is 5.32 Å². The molecule has 0 aromatic heterocycles. The molecule has 1 heterocycles. The monoisotopic (exact) mass is 461 g/mol. The van der Waals surface area contributed by atoms with Gasteiger partial charge in [-0.25, -0.2) is 14.1 Å². The molecule has 0 aliphatic carbocycles. The van der Waals surface area contributed by atoms with E-state index in [0.717, 1.165) is 16.0 Å². The first-order chi connectivity index (χ1) is 16.4. The van der Waals surface area contributed by atoms with E-state index in [4.69, 9.17) is 4.74 Å². The topological polar surface area (TPSA) is 79.0 Å². The van der Waals surface area contributed by atoms with E-state index < -0.39 is 29.7 Å². The maximum atomic E-state index is 13.3. The molecule has 7 nitrogen and oxygen atoms in total. The molecule has 0 bridgehead atoms. The third-order valence-corrected chi connectivity index (χ3v) is 5.63. The highest BCUT2D eigenvalue weighted by Crippen LogP contribution is 2.29. The molecule has 1 saturated heterocycles. The Kier molecular flexibility index (Phi) is 6.58. The maximum Gasteiger partial charge on any atom is 0.332 e. The number of nitrogens with zero attached hydrogens (tertiary/aromatic N) is 2. The highest BCUT2D eigenvalue weighted by atomic mass is 19.1. The molecule has 0 unspecified atom stereocenters. The first kappa shape index (κ1) is 23.0. The number of benzene rings is 3. The molecule has 174 valence electrons. The first-order valence-electron chi connectivity index (χ1n) is 10.8. The van der Waals surface area contributed by atoms with Crippen molar-refractivity contribution >= 4 is 29.2 Å². The predicted octanol–water partition coefficient (Wildman–Crippen LogP) is 4.51. The van der Waals surface area contributed by atoms with Crippen LogP contribution < -0.4 is 15.0 Å². The van der Waals surface area contributed by atoms with E-state index in [-0.39, 0.29) is 13.0 Å². The van der Waals surface area contributed by atoms with Gasteiger partial charge in [0, 0.05) is 12.2 Å². The summed E-state index contributed by atoms with van der Waals surface area (Å²) in [4.78, 5) is 42.0. The average molecular weight is 461 g/mol. The molecule has 34 heavy (non-hydrogen) atoms. The number of carbonyl (C=O) groups is 3. The van der Waals surface area contributed by atoms with Crippen molar-refractivity contribution in [3.63, 3.8) is 0 Å². The lowest BCUT2D eigenvalue weighted by Crippen LogP contribution is -2.37. The lowest BCUT2D eigenvalue weighted by molar-refractivity contribution is -0.124. The van der Waals surface area contributed by atoms with E-state index in [1.165, 1.54) is 29.2 Å². The molecule has 0 saturated carbocycles. The quantitative estimate of drug-likeness (QED) is 0.525. The minimum atomic E-state index is -0.989. The van der Waals surface area contributed by atoms with Gasteiger partial charge in [0.2, 0.25) is 5.91 Å². The molecule has 4 rings (SSSR count). The van der Waals surface area contributed by atoms with Gasteiger partial charge in [0.25, 0.3) is 5.91 Å². The van der Waals surface area contributed by atoms with Gasteiger partial charge >= 0.3 is 6.03 Å². The summed E-state index contributed by atoms with van der Waals surface area (Å²) in [6.07, 6.45) is -0.236. The van der Waals surface area contributed by atoms with Crippen LogP contribution >= 0.6 is 0 Å². The zero-order valence-electron chi connectivity index (χ0n) is 18.8. The van der Waals surface area contributed by atoms with Crippen LogP contribution in [0.25, 0.3) is 0 Å². The molecule has 3 aromatic carbocycles. The van der Waals surface area contributed by atoms with Crippen LogP contribution in [-0.2, 0) is 16.1 Å². The third kappa shape index (κ3) is 4.91. The highest BCUT2D eigenvalue weighted by Gasteiger charge is 2.46. The Labute approximate surface area is 196 Å². The summed E-state index contributed by atoms with van der Waals surface area (Å²) in [5.41, 5.74) is 2.63. The second kappa shape index (κ2) is 9.74. The number of hydrogen-bond donors (Lipinski definition) is 1. The Bertz CT molecular complexity index is 1190. The van der Waals surface area contributed by atoms with Crippen LogP contribution in [0.4, 0.5) is 20.6 Å². The number of rotatable bonds is 7. The van der Waals surface area contributed by atoms with Crippen LogP contribution in [0.15, 0.2) is 72.8 Å². The normalized spacial score (nSPS) is 15.6. The number of aryl methyl sites for hydroxylation is 1. The summed E-state index contributed by atoms with van der Waals surface area (Å²) in [6, 6.07) is 18.0. The van der Waals surface area contributed by atoms with Gasteiger partial charge in [0.05, 0.1) is 19.2 Å². The second-order valence-corrected chi connectivity index (χ2v) is 8.04. The maximum absolute atomic E-state index is 13.3. The number of halogens is 1. The van der Waals surface area contributed by atoms with Gasteiger partial charge in [-0.2, -0.15) is 0 Å². The summed E-state index contributed by atoms with van der Waals surface area (Å²) in [7, 11) is 1.56. The van der Waals surface area contributed by atoms with Gasteiger partial charge in [-0.1, -0.05) is 29.8 Å². The number of ether oxygens (including phenoxy) is 1. The summed E-state index contributed by atoms with van der Waals surface area (Å²) >= 11 is 0. The van der Waals surface area contributed by atoms with Crippen molar-refractivity contribution in [2.45, 2.75) is 25.9 Å². The Hall–Kier alpha value is -4.20. The van der Waals surface area contributed by atoms with Gasteiger partial charge in [-0.15, -0.1) is 0 Å². The van der Waals surface area contributed by atoms with Crippen molar-refractivity contribution in [3.05, 3.63) is 89.7 Å². The molecular weight excluding hydrogens is 437 g/mol. The SMILES string of the molecule is COc1ccc(CN2C(=O)N(c3ccc(C)cc3)C(=O)[C@H]2CC(=O)Nc2ccc(F)cc2)cc1. The van der Waals surface area contributed by atoms with Crippen molar-refractivity contribution < 1.29 is 23.5 Å². The molecule has 1 aliphatic heterocycles. The molecule has 0 radical (unpaired) electrons. The van der Waals surface area contributed by atoms with E-state index in [9.17, 15) is 18.8 Å². The van der Waals surface area contributed by atoms with Gasteiger partial charge in [-0.05, 0) is 61.0 Å². The smallest absolute Gasteiger partial charge is 0.332 e. The van der Waals surface area contributed by atoms with Crippen molar-refractivity contribution in [3.8, 4) is 5.75 Å². The van der Waals surface area contributed by atoms with Gasteiger partial charge in [0.15, 0.2) is 0 Å². The van der Waals surface area contributed by atoms with E-state index in [1.54, 1.807) is 43.5 Å². The summed E-state index contributed by atoms with van der Waals surface area (Å²) < 4.78 is 18.3. The molecule has 1 N–H and O–H groups in total. The van der Waals surface area contributed by atoms with Crippen molar-refractivity contribution in [1.29, 1.82) is 0 Å². The number of urea groups is 1. The largest absolute Gasteiger partial charge is 0.497 e. The standard InChI is InChI=1S/C26H24FN3O4/c1-17-3-11-21(12-4-17)30-25(32)23(15-24(31)28-20-9-7-19(27)8-10-20)29(26(30)33)16-18-5-13-22(34-2)14-6-18/h3-14,23H,15-16H2,1-2H3,(H,28,31)/t23-/m1/s1. The average Bonchev–Trinajstić information content (AvgIpc) is 3.05. The molecule has 3 aromatic rings. The van der Waals surface area contributed by atoms with Crippen LogP contribution in [0.1, 0.15) is 17.5 Å². The van der Waals surface area contributed by atoms with Gasteiger partial charge < -0.3 is 15.0 Å². The van der Waals surface area contributed by atoms with Crippen LogP contribution in [-0.4, -0.2) is 35.9 Å². The molecule has 8 heteroatoms. The fourth-order valence-electron chi connectivity index (χ4n) is 3.79. The number of methoxy groups -OCH3 is 1. The van der Waals surface area contributed by atoms with Crippen LogP contribution in [0, 0.1) is 12.7 Å². The third-order valence-electron chi connectivity index (χ3n) is 5.63. The lowest BCUT2D eigenvalue weighted by Gasteiger charge is -2.22. The number of imide groups is 1. The Morgan fingerprint density at radius 2 is 1.62 bits per heavy atom. The zero-order chi connectivity index (χ0) is 24.2. The van der Waals surface area contributed by atoms with Crippen molar-refractivity contribution in [2.75, 3.05) is 17.3 Å².